The van der Waals surface area contributed by atoms with E-state index in [-0.39, 0.29) is 12.3 Å². The number of hydrogen-bond acceptors (Lipinski definition) is 2. The zero-order valence-corrected chi connectivity index (χ0v) is 14.8. The third kappa shape index (κ3) is 4.51. The molecule has 0 aromatic heterocycles. The van der Waals surface area contributed by atoms with Crippen molar-refractivity contribution in [1.29, 1.82) is 0 Å². The highest BCUT2D eigenvalue weighted by atomic mass is 16.5. The molecule has 132 valence electrons. The fraction of sp³-hybridized carbons (Fsp3) is 0.174. The molecule has 0 saturated carbocycles. The first-order valence-corrected chi connectivity index (χ1v) is 8.67. The number of ether oxygens (including phenoxy) is 1. The lowest BCUT2D eigenvalue weighted by Gasteiger charge is -2.20. The van der Waals surface area contributed by atoms with E-state index in [4.69, 9.17) is 4.74 Å². The Hall–Kier alpha value is -3.07. The molecule has 0 heterocycles. The number of carbonyl (C=O) groups is 1. The Labute approximate surface area is 153 Å². The van der Waals surface area contributed by atoms with E-state index in [1.807, 2.05) is 85.8 Å². The lowest BCUT2D eigenvalue weighted by molar-refractivity contribution is -0.137. The fourth-order valence-electron chi connectivity index (χ4n) is 3.07. The Bertz CT molecular complexity index is 857. The van der Waals surface area contributed by atoms with Crippen LogP contribution in [0.1, 0.15) is 34.6 Å². The third-order valence-electron chi connectivity index (χ3n) is 4.36. The van der Waals surface area contributed by atoms with Crippen molar-refractivity contribution < 1.29 is 14.6 Å². The molecule has 0 saturated heterocycles. The molecule has 3 nitrogen and oxygen atoms in total. The van der Waals surface area contributed by atoms with Gasteiger partial charge in [-0.05, 0) is 24.1 Å². The van der Waals surface area contributed by atoms with Crippen molar-refractivity contribution in [3.05, 3.63) is 101 Å². The van der Waals surface area contributed by atoms with Gasteiger partial charge in [-0.2, -0.15) is 0 Å². The Balaban J connectivity index is 1.95. The average Bonchev–Trinajstić information content (AvgIpc) is 2.66. The minimum Gasteiger partial charge on any atom is -0.489 e. The Morgan fingerprint density at radius 2 is 1.62 bits per heavy atom. The van der Waals surface area contributed by atoms with Gasteiger partial charge in [-0.1, -0.05) is 78.4 Å². The molecule has 1 atom stereocenters. The van der Waals surface area contributed by atoms with Crippen LogP contribution < -0.4 is 4.74 Å². The van der Waals surface area contributed by atoms with Crippen LogP contribution in [0.3, 0.4) is 0 Å². The second-order valence-electron chi connectivity index (χ2n) is 6.38. The molecule has 3 aromatic rings. The van der Waals surface area contributed by atoms with Crippen molar-refractivity contribution >= 4 is 5.97 Å². The molecule has 3 heteroatoms. The summed E-state index contributed by atoms with van der Waals surface area (Å²) in [7, 11) is 0. The molecule has 26 heavy (non-hydrogen) atoms. The van der Waals surface area contributed by atoms with Crippen molar-refractivity contribution in [2.75, 3.05) is 0 Å². The molecule has 0 amide bonds. The van der Waals surface area contributed by atoms with E-state index in [9.17, 15) is 9.90 Å². The zero-order valence-electron chi connectivity index (χ0n) is 14.8. The fourth-order valence-corrected chi connectivity index (χ4v) is 3.07. The summed E-state index contributed by atoms with van der Waals surface area (Å²) >= 11 is 0. The van der Waals surface area contributed by atoms with Crippen LogP contribution in [0, 0.1) is 6.92 Å². The molecular formula is C23H22O3. The van der Waals surface area contributed by atoms with Crippen LogP contribution in [-0.4, -0.2) is 11.1 Å². The third-order valence-corrected chi connectivity index (χ3v) is 4.36. The summed E-state index contributed by atoms with van der Waals surface area (Å²) in [6.07, 6.45) is 0.0230. The monoisotopic (exact) mass is 346 g/mol. The first kappa shape index (κ1) is 17.7. The maximum Gasteiger partial charge on any atom is 0.304 e. The van der Waals surface area contributed by atoms with E-state index in [2.05, 4.69) is 0 Å². The van der Waals surface area contributed by atoms with Gasteiger partial charge in [-0.25, -0.2) is 0 Å². The van der Waals surface area contributed by atoms with Crippen molar-refractivity contribution in [1.82, 2.24) is 0 Å². The molecular weight excluding hydrogens is 324 g/mol. The van der Waals surface area contributed by atoms with Gasteiger partial charge in [-0.3, -0.25) is 4.79 Å². The number of benzene rings is 3. The van der Waals surface area contributed by atoms with Gasteiger partial charge < -0.3 is 9.84 Å². The van der Waals surface area contributed by atoms with Crippen molar-refractivity contribution in [3.8, 4) is 5.75 Å². The summed E-state index contributed by atoms with van der Waals surface area (Å²) < 4.78 is 6.07. The van der Waals surface area contributed by atoms with Crippen molar-refractivity contribution in [3.63, 3.8) is 0 Å². The first-order valence-electron chi connectivity index (χ1n) is 8.67. The Morgan fingerprint density at radius 3 is 2.27 bits per heavy atom. The topological polar surface area (TPSA) is 46.5 Å². The first-order chi connectivity index (χ1) is 12.6. The Kier molecular flexibility index (Phi) is 5.69. The molecule has 0 spiro atoms. The minimum atomic E-state index is -0.825. The second-order valence-corrected chi connectivity index (χ2v) is 6.38. The highest BCUT2D eigenvalue weighted by molar-refractivity contribution is 5.69. The van der Waals surface area contributed by atoms with Crippen LogP contribution in [0.4, 0.5) is 0 Å². The minimum absolute atomic E-state index is 0.0230. The summed E-state index contributed by atoms with van der Waals surface area (Å²) in [4.78, 5) is 11.5. The second kappa shape index (κ2) is 8.34. The largest absolute Gasteiger partial charge is 0.489 e. The molecule has 1 N–H and O–H groups in total. The molecule has 1 unspecified atom stereocenters. The van der Waals surface area contributed by atoms with Crippen LogP contribution >= 0.6 is 0 Å². The van der Waals surface area contributed by atoms with Gasteiger partial charge in [0.1, 0.15) is 12.4 Å². The summed E-state index contributed by atoms with van der Waals surface area (Å²) in [5.74, 6) is -0.344. The van der Waals surface area contributed by atoms with Gasteiger partial charge in [0, 0.05) is 11.5 Å². The van der Waals surface area contributed by atoms with E-state index in [1.165, 1.54) is 0 Å². The smallest absolute Gasteiger partial charge is 0.304 e. The lowest BCUT2D eigenvalue weighted by Crippen LogP contribution is -2.10. The maximum atomic E-state index is 11.5. The maximum absolute atomic E-state index is 11.5. The number of carboxylic acids is 1. The Morgan fingerprint density at radius 1 is 0.962 bits per heavy atom. The summed E-state index contributed by atoms with van der Waals surface area (Å²) in [5.41, 5.74) is 4.05. The molecule has 0 aliphatic heterocycles. The van der Waals surface area contributed by atoms with E-state index in [0.29, 0.717) is 6.61 Å². The standard InChI is InChI=1S/C23H22O3/c1-17-12-13-22(26-16-18-8-4-2-5-9-18)21(14-17)20(15-23(24)25)19-10-6-3-7-11-19/h2-14,20H,15-16H2,1H3,(H,24,25). The van der Waals surface area contributed by atoms with Crippen LogP contribution in [0.25, 0.3) is 0 Å². The SMILES string of the molecule is Cc1ccc(OCc2ccccc2)c(C(CC(=O)O)c2ccccc2)c1. The van der Waals surface area contributed by atoms with Crippen LogP contribution in [0.15, 0.2) is 78.9 Å². The van der Waals surface area contributed by atoms with Crippen molar-refractivity contribution in [2.24, 2.45) is 0 Å². The molecule has 3 rings (SSSR count). The summed E-state index contributed by atoms with van der Waals surface area (Å²) in [5, 5.41) is 9.43. The number of hydrogen-bond donors (Lipinski definition) is 1. The number of aliphatic carboxylic acids is 1. The van der Waals surface area contributed by atoms with Gasteiger partial charge in [0.25, 0.3) is 0 Å². The predicted molar refractivity (Wildman–Crippen MR) is 102 cm³/mol. The predicted octanol–water partition coefficient (Wildman–Crippen LogP) is 5.18. The molecule has 0 bridgehead atoms. The average molecular weight is 346 g/mol. The van der Waals surface area contributed by atoms with Crippen molar-refractivity contribution in [2.45, 2.75) is 25.9 Å². The molecule has 0 fully saturated rings. The van der Waals surface area contributed by atoms with E-state index >= 15 is 0 Å². The number of aryl methyl sites for hydroxylation is 1. The van der Waals surface area contributed by atoms with E-state index in [1.54, 1.807) is 0 Å². The number of carboxylic acid groups (broad SMARTS) is 1. The normalized spacial score (nSPS) is 11.7. The van der Waals surface area contributed by atoms with Gasteiger partial charge >= 0.3 is 5.97 Å². The molecule has 0 radical (unpaired) electrons. The highest BCUT2D eigenvalue weighted by Crippen LogP contribution is 2.35. The summed E-state index contributed by atoms with van der Waals surface area (Å²) in [6.45, 7) is 2.46. The lowest BCUT2D eigenvalue weighted by atomic mass is 9.87. The van der Waals surface area contributed by atoms with Gasteiger partial charge in [0.05, 0.1) is 6.42 Å². The van der Waals surface area contributed by atoms with Gasteiger partial charge in [0.2, 0.25) is 0 Å². The summed E-state index contributed by atoms with van der Waals surface area (Å²) in [6, 6.07) is 25.7. The van der Waals surface area contributed by atoms with E-state index in [0.717, 1.165) is 28.0 Å². The van der Waals surface area contributed by atoms with Crippen LogP contribution in [-0.2, 0) is 11.4 Å². The zero-order chi connectivity index (χ0) is 18.4. The molecule has 0 aliphatic carbocycles. The van der Waals surface area contributed by atoms with E-state index < -0.39 is 5.97 Å². The molecule has 0 aliphatic rings. The van der Waals surface area contributed by atoms with Crippen LogP contribution in [0.5, 0.6) is 5.75 Å². The quantitative estimate of drug-likeness (QED) is 0.641. The van der Waals surface area contributed by atoms with Gasteiger partial charge in [0.15, 0.2) is 0 Å². The number of rotatable bonds is 7. The molecule has 3 aromatic carbocycles. The van der Waals surface area contributed by atoms with Gasteiger partial charge in [-0.15, -0.1) is 0 Å². The van der Waals surface area contributed by atoms with Crippen LogP contribution in [0.2, 0.25) is 0 Å². The highest BCUT2D eigenvalue weighted by Gasteiger charge is 2.21.